The molecule has 0 aliphatic heterocycles. The standard InChI is InChI=1S/C11H14N2/c1-13(2)11(8-9-12)10-6-4-3-5-7-10/h3-7,11H,8H2,1-2H3. The van der Waals surface area contributed by atoms with Gasteiger partial charge in [-0.25, -0.2) is 0 Å². The van der Waals surface area contributed by atoms with Crippen molar-refractivity contribution in [2.24, 2.45) is 0 Å². The molecule has 0 saturated carbocycles. The Kier molecular flexibility index (Phi) is 3.48. The fourth-order valence-electron chi connectivity index (χ4n) is 1.36. The van der Waals surface area contributed by atoms with Gasteiger partial charge in [-0.15, -0.1) is 0 Å². The zero-order chi connectivity index (χ0) is 9.68. The molecule has 0 saturated heterocycles. The van der Waals surface area contributed by atoms with Gasteiger partial charge in [0.15, 0.2) is 0 Å². The summed E-state index contributed by atoms with van der Waals surface area (Å²) in [6.07, 6.45) is 0.539. The molecule has 0 aromatic heterocycles. The van der Waals surface area contributed by atoms with E-state index in [-0.39, 0.29) is 6.04 Å². The van der Waals surface area contributed by atoms with Crippen LogP contribution >= 0.6 is 0 Å². The van der Waals surface area contributed by atoms with Crippen molar-refractivity contribution < 1.29 is 0 Å². The Hall–Kier alpha value is -1.33. The molecule has 0 fully saturated rings. The average molecular weight is 174 g/mol. The molecule has 1 aromatic carbocycles. The molecule has 0 N–H and O–H groups in total. The van der Waals surface area contributed by atoms with Gasteiger partial charge in [-0.1, -0.05) is 30.3 Å². The van der Waals surface area contributed by atoms with Crippen molar-refractivity contribution in [2.75, 3.05) is 14.1 Å². The first kappa shape index (κ1) is 9.76. The molecule has 2 nitrogen and oxygen atoms in total. The number of hydrogen-bond donors (Lipinski definition) is 0. The molecule has 2 heteroatoms. The molecule has 0 radical (unpaired) electrons. The highest BCUT2D eigenvalue weighted by molar-refractivity contribution is 5.19. The second kappa shape index (κ2) is 4.64. The zero-order valence-corrected chi connectivity index (χ0v) is 8.07. The van der Waals surface area contributed by atoms with Crippen LogP contribution in [0.3, 0.4) is 0 Å². The van der Waals surface area contributed by atoms with Crippen molar-refractivity contribution in [1.29, 1.82) is 5.26 Å². The molecule has 0 aliphatic carbocycles. The summed E-state index contributed by atoms with van der Waals surface area (Å²) in [7, 11) is 3.99. The number of benzene rings is 1. The fourth-order valence-corrected chi connectivity index (χ4v) is 1.36. The second-order valence-electron chi connectivity index (χ2n) is 3.25. The maximum Gasteiger partial charge on any atom is 0.0641 e. The predicted octanol–water partition coefficient (Wildman–Crippen LogP) is 2.20. The van der Waals surface area contributed by atoms with Crippen LogP contribution in [0.25, 0.3) is 0 Å². The van der Waals surface area contributed by atoms with Crippen LogP contribution < -0.4 is 0 Å². The van der Waals surface area contributed by atoms with Gasteiger partial charge in [-0.05, 0) is 19.7 Å². The predicted molar refractivity (Wildman–Crippen MR) is 53.1 cm³/mol. The lowest BCUT2D eigenvalue weighted by atomic mass is 10.0. The van der Waals surface area contributed by atoms with E-state index in [1.165, 1.54) is 5.56 Å². The molecule has 0 heterocycles. The Labute approximate surface area is 79.4 Å². The Morgan fingerprint density at radius 1 is 1.31 bits per heavy atom. The van der Waals surface area contributed by atoms with E-state index >= 15 is 0 Å². The summed E-state index contributed by atoms with van der Waals surface area (Å²) in [4.78, 5) is 2.07. The molecular formula is C11H14N2. The van der Waals surface area contributed by atoms with Crippen LogP contribution in [0, 0.1) is 11.3 Å². The SMILES string of the molecule is CN(C)C(CC#N)c1ccccc1. The van der Waals surface area contributed by atoms with Crippen molar-refractivity contribution in [3.63, 3.8) is 0 Å². The summed E-state index contributed by atoms with van der Waals surface area (Å²) >= 11 is 0. The molecule has 1 rings (SSSR count). The third-order valence-electron chi connectivity index (χ3n) is 2.09. The lowest BCUT2D eigenvalue weighted by Crippen LogP contribution is -2.19. The van der Waals surface area contributed by atoms with Gasteiger partial charge in [0.05, 0.1) is 12.5 Å². The van der Waals surface area contributed by atoms with Crippen LogP contribution in [0.5, 0.6) is 0 Å². The number of nitriles is 1. The molecule has 0 bridgehead atoms. The van der Waals surface area contributed by atoms with Gasteiger partial charge in [0, 0.05) is 6.04 Å². The molecule has 13 heavy (non-hydrogen) atoms. The summed E-state index contributed by atoms with van der Waals surface area (Å²) in [5, 5.41) is 8.67. The maximum absolute atomic E-state index is 8.67. The molecule has 0 amide bonds. The highest BCUT2D eigenvalue weighted by Crippen LogP contribution is 2.20. The van der Waals surface area contributed by atoms with E-state index in [1.807, 2.05) is 32.3 Å². The minimum absolute atomic E-state index is 0.214. The van der Waals surface area contributed by atoms with Crippen molar-refractivity contribution in [2.45, 2.75) is 12.5 Å². The first-order valence-electron chi connectivity index (χ1n) is 4.34. The van der Waals surface area contributed by atoms with E-state index in [1.54, 1.807) is 0 Å². The maximum atomic E-state index is 8.67. The van der Waals surface area contributed by atoms with Gasteiger partial charge in [0.2, 0.25) is 0 Å². The van der Waals surface area contributed by atoms with Crippen LogP contribution in [0.15, 0.2) is 30.3 Å². The van der Waals surface area contributed by atoms with Crippen molar-refractivity contribution in [1.82, 2.24) is 4.90 Å². The highest BCUT2D eigenvalue weighted by atomic mass is 15.1. The second-order valence-corrected chi connectivity index (χ2v) is 3.25. The van der Waals surface area contributed by atoms with Crippen LogP contribution in [0.1, 0.15) is 18.0 Å². The van der Waals surface area contributed by atoms with E-state index in [0.29, 0.717) is 6.42 Å². The summed E-state index contributed by atoms with van der Waals surface area (Å²) < 4.78 is 0. The number of nitrogens with zero attached hydrogens (tertiary/aromatic N) is 2. The van der Waals surface area contributed by atoms with Crippen molar-refractivity contribution in [3.8, 4) is 6.07 Å². The third-order valence-corrected chi connectivity index (χ3v) is 2.09. The van der Waals surface area contributed by atoms with Gasteiger partial charge in [-0.2, -0.15) is 5.26 Å². The number of rotatable bonds is 3. The molecular weight excluding hydrogens is 160 g/mol. The smallest absolute Gasteiger partial charge is 0.0641 e. The third kappa shape index (κ3) is 2.57. The normalized spacial score (nSPS) is 12.5. The van der Waals surface area contributed by atoms with E-state index < -0.39 is 0 Å². The highest BCUT2D eigenvalue weighted by Gasteiger charge is 2.12. The van der Waals surface area contributed by atoms with Crippen molar-refractivity contribution in [3.05, 3.63) is 35.9 Å². The molecule has 68 valence electrons. The van der Waals surface area contributed by atoms with Gasteiger partial charge < -0.3 is 4.90 Å². The van der Waals surface area contributed by atoms with Crippen LogP contribution in [0.4, 0.5) is 0 Å². The molecule has 1 aromatic rings. The topological polar surface area (TPSA) is 27.0 Å². The zero-order valence-electron chi connectivity index (χ0n) is 8.07. The fraction of sp³-hybridized carbons (Fsp3) is 0.364. The first-order chi connectivity index (χ1) is 6.25. The van der Waals surface area contributed by atoms with Gasteiger partial charge in [0.25, 0.3) is 0 Å². The Balaban J connectivity index is 2.84. The lowest BCUT2D eigenvalue weighted by molar-refractivity contribution is 0.303. The Morgan fingerprint density at radius 3 is 2.38 bits per heavy atom. The molecule has 0 spiro atoms. The van der Waals surface area contributed by atoms with E-state index in [4.69, 9.17) is 5.26 Å². The van der Waals surface area contributed by atoms with Crippen LogP contribution in [-0.2, 0) is 0 Å². The van der Waals surface area contributed by atoms with Crippen LogP contribution in [0.2, 0.25) is 0 Å². The van der Waals surface area contributed by atoms with Gasteiger partial charge in [-0.3, -0.25) is 0 Å². The Morgan fingerprint density at radius 2 is 1.92 bits per heavy atom. The molecule has 1 atom stereocenters. The number of hydrogen-bond acceptors (Lipinski definition) is 2. The monoisotopic (exact) mass is 174 g/mol. The summed E-state index contributed by atoms with van der Waals surface area (Å²) in [5.74, 6) is 0. The quantitative estimate of drug-likeness (QED) is 0.702. The minimum atomic E-state index is 0.214. The summed E-state index contributed by atoms with van der Waals surface area (Å²) in [6.45, 7) is 0. The van der Waals surface area contributed by atoms with E-state index in [9.17, 15) is 0 Å². The molecule has 1 unspecified atom stereocenters. The first-order valence-corrected chi connectivity index (χ1v) is 4.34. The van der Waals surface area contributed by atoms with Crippen LogP contribution in [-0.4, -0.2) is 19.0 Å². The summed E-state index contributed by atoms with van der Waals surface area (Å²) in [5.41, 5.74) is 1.20. The molecule has 0 aliphatic rings. The largest absolute Gasteiger partial charge is 0.301 e. The Bertz CT molecular complexity index is 285. The van der Waals surface area contributed by atoms with Gasteiger partial charge >= 0.3 is 0 Å². The average Bonchev–Trinajstić information content (AvgIpc) is 2.15. The summed E-state index contributed by atoms with van der Waals surface area (Å²) in [6, 6.07) is 12.5. The van der Waals surface area contributed by atoms with E-state index in [0.717, 1.165) is 0 Å². The minimum Gasteiger partial charge on any atom is -0.301 e. The van der Waals surface area contributed by atoms with Crippen molar-refractivity contribution >= 4 is 0 Å². The van der Waals surface area contributed by atoms with Gasteiger partial charge in [0.1, 0.15) is 0 Å². The lowest BCUT2D eigenvalue weighted by Gasteiger charge is -2.21. The van der Waals surface area contributed by atoms with E-state index in [2.05, 4.69) is 23.1 Å².